The Morgan fingerprint density at radius 1 is 1.04 bits per heavy atom. The Labute approximate surface area is 168 Å². The van der Waals surface area contributed by atoms with Crippen molar-refractivity contribution in [2.24, 2.45) is 0 Å². The number of rotatable bonds is 3. The number of benzene rings is 2. The molecule has 2 aromatic carbocycles. The van der Waals surface area contributed by atoms with Gasteiger partial charge in [-0.3, -0.25) is 10.1 Å². The van der Waals surface area contributed by atoms with Gasteiger partial charge in [-0.2, -0.15) is 0 Å². The zero-order valence-electron chi connectivity index (χ0n) is 14.0. The van der Waals surface area contributed by atoms with Crippen LogP contribution in [-0.4, -0.2) is 17.6 Å². The predicted molar refractivity (Wildman–Crippen MR) is 111 cm³/mol. The molecule has 0 heterocycles. The van der Waals surface area contributed by atoms with E-state index in [2.05, 4.69) is 49.2 Å². The zero-order valence-corrected chi connectivity index (χ0v) is 17.8. The van der Waals surface area contributed by atoms with Gasteiger partial charge in [-0.15, -0.1) is 0 Å². The minimum Gasteiger partial charge on any atom is -0.444 e. The van der Waals surface area contributed by atoms with Gasteiger partial charge >= 0.3 is 6.09 Å². The van der Waals surface area contributed by atoms with Crippen LogP contribution in [0.15, 0.2) is 46.9 Å². The molecule has 25 heavy (non-hydrogen) atoms. The monoisotopic (exact) mass is 516 g/mol. The van der Waals surface area contributed by atoms with E-state index in [0.29, 0.717) is 21.4 Å². The molecule has 2 amide bonds. The molecule has 0 saturated carbocycles. The first-order valence-corrected chi connectivity index (χ1v) is 9.38. The first kappa shape index (κ1) is 19.7. The fourth-order valence-electron chi connectivity index (χ4n) is 2.00. The average Bonchev–Trinajstić information content (AvgIpc) is 2.47. The van der Waals surface area contributed by atoms with Crippen LogP contribution in [0.3, 0.4) is 0 Å². The molecule has 0 aliphatic rings. The van der Waals surface area contributed by atoms with Gasteiger partial charge in [0.05, 0.1) is 11.3 Å². The van der Waals surface area contributed by atoms with Gasteiger partial charge in [-0.1, -0.05) is 6.07 Å². The smallest absolute Gasteiger partial charge is 0.412 e. The number of halogens is 2. The summed E-state index contributed by atoms with van der Waals surface area (Å²) in [7, 11) is 0. The van der Waals surface area contributed by atoms with Crippen molar-refractivity contribution < 1.29 is 14.3 Å². The topological polar surface area (TPSA) is 67.4 Å². The van der Waals surface area contributed by atoms with Gasteiger partial charge < -0.3 is 10.1 Å². The third-order valence-electron chi connectivity index (χ3n) is 2.98. The number of amides is 2. The van der Waals surface area contributed by atoms with Gasteiger partial charge in [0.25, 0.3) is 5.91 Å². The van der Waals surface area contributed by atoms with Crippen molar-refractivity contribution in [3.8, 4) is 0 Å². The summed E-state index contributed by atoms with van der Waals surface area (Å²) in [5.41, 5.74) is 0.739. The number of carbonyl (C=O) groups excluding carboxylic acids is 2. The Balaban J connectivity index is 2.23. The molecule has 0 aromatic heterocycles. The molecule has 5 nitrogen and oxygen atoms in total. The summed E-state index contributed by atoms with van der Waals surface area (Å²) in [6, 6.07) is 12.6. The molecule has 132 valence electrons. The van der Waals surface area contributed by atoms with E-state index in [0.717, 1.165) is 3.57 Å². The quantitative estimate of drug-likeness (QED) is 0.518. The Morgan fingerprint density at radius 2 is 1.68 bits per heavy atom. The van der Waals surface area contributed by atoms with E-state index in [4.69, 9.17) is 4.74 Å². The lowest BCUT2D eigenvalue weighted by molar-refractivity contribution is 0.0636. The molecule has 0 spiro atoms. The van der Waals surface area contributed by atoms with Crippen molar-refractivity contribution in [3.63, 3.8) is 0 Å². The second-order valence-corrected chi connectivity index (χ2v) is 8.35. The van der Waals surface area contributed by atoms with Crippen LogP contribution in [0.25, 0.3) is 0 Å². The summed E-state index contributed by atoms with van der Waals surface area (Å²) in [6.45, 7) is 5.33. The van der Waals surface area contributed by atoms with E-state index < -0.39 is 11.7 Å². The van der Waals surface area contributed by atoms with Crippen molar-refractivity contribution in [3.05, 3.63) is 56.1 Å². The molecule has 0 aliphatic heterocycles. The summed E-state index contributed by atoms with van der Waals surface area (Å²) in [5, 5.41) is 5.45. The number of carbonyl (C=O) groups is 2. The molecular weight excluding hydrogens is 499 g/mol. The Hall–Kier alpha value is -1.61. The van der Waals surface area contributed by atoms with E-state index in [-0.39, 0.29) is 5.91 Å². The molecule has 2 rings (SSSR count). The third-order valence-corrected chi connectivity index (χ3v) is 4.36. The number of hydrogen-bond acceptors (Lipinski definition) is 3. The Kier molecular flexibility index (Phi) is 6.45. The lowest BCUT2D eigenvalue weighted by atomic mass is 10.1. The van der Waals surface area contributed by atoms with Gasteiger partial charge in [0.1, 0.15) is 5.60 Å². The van der Waals surface area contributed by atoms with E-state index in [1.165, 1.54) is 0 Å². The molecule has 0 unspecified atom stereocenters. The Morgan fingerprint density at radius 3 is 2.28 bits per heavy atom. The van der Waals surface area contributed by atoms with Crippen LogP contribution in [0.4, 0.5) is 16.2 Å². The fourth-order valence-corrected chi connectivity index (χ4v) is 2.91. The van der Waals surface area contributed by atoms with Crippen LogP contribution < -0.4 is 10.6 Å². The highest BCUT2D eigenvalue weighted by Crippen LogP contribution is 2.27. The number of anilines is 2. The zero-order chi connectivity index (χ0) is 18.6. The standard InChI is InChI=1S/C18H18BrIN2O3/c1-18(2,3)25-17(24)22-14-6-4-5-13(19)15(14)16(23)21-12-9-7-11(20)8-10-12/h4-10H,1-3H3,(H,21,23)(H,22,24). The number of hydrogen-bond donors (Lipinski definition) is 2. The normalized spacial score (nSPS) is 10.9. The highest BCUT2D eigenvalue weighted by atomic mass is 127. The van der Waals surface area contributed by atoms with E-state index >= 15 is 0 Å². The van der Waals surface area contributed by atoms with Crippen LogP contribution in [-0.2, 0) is 4.74 Å². The average molecular weight is 517 g/mol. The molecule has 0 fully saturated rings. The molecular formula is C18H18BrIN2O3. The van der Waals surface area contributed by atoms with Crippen molar-refractivity contribution in [2.45, 2.75) is 26.4 Å². The first-order chi connectivity index (χ1) is 11.7. The molecule has 7 heteroatoms. The minimum absolute atomic E-state index is 0.326. The third kappa shape index (κ3) is 6.00. The molecule has 2 N–H and O–H groups in total. The van der Waals surface area contributed by atoms with Crippen LogP contribution in [0.5, 0.6) is 0 Å². The fraction of sp³-hybridized carbons (Fsp3) is 0.222. The highest BCUT2D eigenvalue weighted by molar-refractivity contribution is 14.1. The molecule has 0 aliphatic carbocycles. The largest absolute Gasteiger partial charge is 0.444 e. The van der Waals surface area contributed by atoms with Gasteiger partial charge in [0.2, 0.25) is 0 Å². The van der Waals surface area contributed by atoms with E-state index in [9.17, 15) is 9.59 Å². The van der Waals surface area contributed by atoms with E-state index in [1.807, 2.05) is 24.3 Å². The predicted octanol–water partition coefficient (Wildman–Crippen LogP) is 5.65. The summed E-state index contributed by atoms with van der Waals surface area (Å²) >= 11 is 5.56. The van der Waals surface area contributed by atoms with Crippen molar-refractivity contribution in [2.75, 3.05) is 10.6 Å². The first-order valence-electron chi connectivity index (χ1n) is 7.51. The summed E-state index contributed by atoms with van der Waals surface area (Å²) in [6.07, 6.45) is -0.617. The lowest BCUT2D eigenvalue weighted by Gasteiger charge is -2.20. The van der Waals surface area contributed by atoms with Gasteiger partial charge in [-0.25, -0.2) is 4.79 Å². The summed E-state index contributed by atoms with van der Waals surface area (Å²) in [5.74, 6) is -0.334. The van der Waals surface area contributed by atoms with Crippen LogP contribution in [0, 0.1) is 3.57 Å². The maximum Gasteiger partial charge on any atom is 0.412 e. The summed E-state index contributed by atoms with van der Waals surface area (Å²) in [4.78, 5) is 24.7. The van der Waals surface area contributed by atoms with Crippen molar-refractivity contribution >= 4 is 61.9 Å². The lowest BCUT2D eigenvalue weighted by Crippen LogP contribution is -2.28. The number of nitrogens with one attached hydrogen (secondary N) is 2. The number of ether oxygens (including phenoxy) is 1. The Bertz CT molecular complexity index is 786. The molecule has 2 aromatic rings. The second kappa shape index (κ2) is 8.18. The summed E-state index contributed by atoms with van der Waals surface area (Å²) < 4.78 is 6.90. The SMILES string of the molecule is CC(C)(C)OC(=O)Nc1cccc(Br)c1C(=O)Nc1ccc(I)cc1. The molecule has 0 radical (unpaired) electrons. The molecule has 0 bridgehead atoms. The van der Waals surface area contributed by atoms with Gasteiger partial charge in [0.15, 0.2) is 0 Å². The van der Waals surface area contributed by atoms with Crippen LogP contribution in [0.2, 0.25) is 0 Å². The maximum absolute atomic E-state index is 12.7. The molecule has 0 saturated heterocycles. The molecule has 0 atom stereocenters. The van der Waals surface area contributed by atoms with Crippen molar-refractivity contribution in [1.29, 1.82) is 0 Å². The van der Waals surface area contributed by atoms with Crippen molar-refractivity contribution in [1.82, 2.24) is 0 Å². The van der Waals surface area contributed by atoms with Gasteiger partial charge in [-0.05, 0) is 95.7 Å². The van der Waals surface area contributed by atoms with E-state index in [1.54, 1.807) is 39.0 Å². The maximum atomic E-state index is 12.7. The van der Waals surface area contributed by atoms with Crippen LogP contribution >= 0.6 is 38.5 Å². The van der Waals surface area contributed by atoms with Crippen LogP contribution in [0.1, 0.15) is 31.1 Å². The second-order valence-electron chi connectivity index (χ2n) is 6.25. The highest BCUT2D eigenvalue weighted by Gasteiger charge is 2.20. The van der Waals surface area contributed by atoms with Gasteiger partial charge in [0, 0.05) is 13.7 Å². The minimum atomic E-state index is -0.625.